The van der Waals surface area contributed by atoms with E-state index in [9.17, 15) is 0 Å². The van der Waals surface area contributed by atoms with Crippen molar-refractivity contribution < 1.29 is 14.2 Å². The van der Waals surface area contributed by atoms with Crippen molar-refractivity contribution >= 4 is 16.5 Å². The second-order valence-electron chi connectivity index (χ2n) is 4.73. The number of nitrogens with one attached hydrogen (secondary N) is 1. The van der Waals surface area contributed by atoms with Gasteiger partial charge in [0.15, 0.2) is 5.13 Å². The second-order valence-corrected chi connectivity index (χ2v) is 5.83. The van der Waals surface area contributed by atoms with E-state index in [1.54, 1.807) is 32.7 Å². The number of aromatic nitrogens is 1. The maximum absolute atomic E-state index is 5.45. The summed E-state index contributed by atoms with van der Waals surface area (Å²) >= 11 is 1.71. The van der Waals surface area contributed by atoms with E-state index in [0.717, 1.165) is 37.9 Å². The highest BCUT2D eigenvalue weighted by atomic mass is 32.1. The minimum Gasteiger partial charge on any atom is -0.383 e. The van der Waals surface area contributed by atoms with Gasteiger partial charge < -0.3 is 24.4 Å². The highest BCUT2D eigenvalue weighted by molar-refractivity contribution is 7.15. The topological polar surface area (TPSA) is 55.9 Å². The molecule has 1 N–H and O–H groups in total. The molecule has 2 unspecified atom stereocenters. The minimum absolute atomic E-state index is 0.118. The van der Waals surface area contributed by atoms with Crippen molar-refractivity contribution in [3.05, 3.63) is 11.1 Å². The van der Waals surface area contributed by atoms with Crippen LogP contribution < -0.4 is 10.2 Å². The van der Waals surface area contributed by atoms with Gasteiger partial charge in [0.25, 0.3) is 0 Å². The van der Waals surface area contributed by atoms with Crippen LogP contribution in [-0.2, 0) is 20.8 Å². The van der Waals surface area contributed by atoms with E-state index in [-0.39, 0.29) is 12.2 Å². The number of anilines is 1. The van der Waals surface area contributed by atoms with Gasteiger partial charge in [0.2, 0.25) is 0 Å². The first kappa shape index (κ1) is 15.7. The molecular weight excluding hydrogens is 278 g/mol. The highest BCUT2D eigenvalue weighted by Gasteiger charge is 2.34. The predicted molar refractivity (Wildman–Crippen MR) is 79.5 cm³/mol. The minimum atomic E-state index is 0.118. The molecular formula is C13H23N3O3S. The summed E-state index contributed by atoms with van der Waals surface area (Å²) < 4.78 is 15.9. The Balaban J connectivity index is 1.86. The van der Waals surface area contributed by atoms with Gasteiger partial charge in [0.1, 0.15) is 12.2 Å². The first-order valence-electron chi connectivity index (χ1n) is 6.73. The first-order chi connectivity index (χ1) is 9.78. The van der Waals surface area contributed by atoms with Crippen molar-refractivity contribution in [2.24, 2.45) is 0 Å². The van der Waals surface area contributed by atoms with Crippen LogP contribution >= 0.6 is 11.3 Å². The van der Waals surface area contributed by atoms with Crippen molar-refractivity contribution in [2.75, 3.05) is 52.5 Å². The molecule has 0 aromatic carbocycles. The number of rotatable bonds is 8. The molecule has 1 aromatic rings. The Bertz CT molecular complexity index is 390. The van der Waals surface area contributed by atoms with E-state index >= 15 is 0 Å². The van der Waals surface area contributed by atoms with Crippen molar-refractivity contribution in [3.63, 3.8) is 0 Å². The quantitative estimate of drug-likeness (QED) is 0.715. The standard InChI is InChI=1S/C13H23N3O3S/c1-17-5-4-14-6-10-7-15-13(20-10)16-8-11(18-2)12(9-16)19-3/h7,11-12,14H,4-6,8-9H2,1-3H3. The molecule has 1 aromatic heterocycles. The number of hydrogen-bond acceptors (Lipinski definition) is 7. The molecule has 2 heterocycles. The van der Waals surface area contributed by atoms with Crippen LogP contribution in [0.5, 0.6) is 0 Å². The smallest absolute Gasteiger partial charge is 0.185 e. The lowest BCUT2D eigenvalue weighted by Gasteiger charge is -2.13. The second kappa shape index (κ2) is 7.90. The van der Waals surface area contributed by atoms with Crippen LogP contribution in [0.2, 0.25) is 0 Å². The zero-order valence-electron chi connectivity index (χ0n) is 12.3. The molecule has 1 aliphatic heterocycles. The van der Waals surface area contributed by atoms with Crippen LogP contribution in [0.15, 0.2) is 6.20 Å². The summed E-state index contributed by atoms with van der Waals surface area (Å²) in [6, 6.07) is 0. The summed E-state index contributed by atoms with van der Waals surface area (Å²) in [5.41, 5.74) is 0. The van der Waals surface area contributed by atoms with Crippen LogP contribution in [0, 0.1) is 0 Å². The summed E-state index contributed by atoms with van der Waals surface area (Å²) in [5.74, 6) is 0. The zero-order chi connectivity index (χ0) is 14.4. The van der Waals surface area contributed by atoms with Crippen molar-refractivity contribution in [1.82, 2.24) is 10.3 Å². The molecule has 2 rings (SSSR count). The normalized spacial score (nSPS) is 22.6. The van der Waals surface area contributed by atoms with E-state index in [2.05, 4.69) is 15.2 Å². The van der Waals surface area contributed by atoms with Gasteiger partial charge in [0, 0.05) is 58.6 Å². The fraction of sp³-hybridized carbons (Fsp3) is 0.769. The summed E-state index contributed by atoms with van der Waals surface area (Å²) in [6.45, 7) is 4.07. The Labute approximate surface area is 124 Å². The third kappa shape index (κ3) is 3.89. The van der Waals surface area contributed by atoms with Gasteiger partial charge in [-0.2, -0.15) is 0 Å². The first-order valence-corrected chi connectivity index (χ1v) is 7.55. The third-order valence-corrected chi connectivity index (χ3v) is 4.47. The summed E-state index contributed by atoms with van der Waals surface area (Å²) in [4.78, 5) is 7.95. The Hall–Kier alpha value is -0.730. The average molecular weight is 301 g/mol. The number of thiazole rings is 1. The van der Waals surface area contributed by atoms with Crippen molar-refractivity contribution in [2.45, 2.75) is 18.8 Å². The molecule has 6 nitrogen and oxygen atoms in total. The van der Waals surface area contributed by atoms with Gasteiger partial charge in [-0.1, -0.05) is 0 Å². The molecule has 1 saturated heterocycles. The molecule has 0 aliphatic carbocycles. The largest absolute Gasteiger partial charge is 0.383 e. The lowest BCUT2D eigenvalue weighted by molar-refractivity contribution is -0.00461. The lowest BCUT2D eigenvalue weighted by atomic mass is 10.3. The Morgan fingerprint density at radius 1 is 1.30 bits per heavy atom. The zero-order valence-corrected chi connectivity index (χ0v) is 13.1. The van der Waals surface area contributed by atoms with Crippen LogP contribution in [0.25, 0.3) is 0 Å². The molecule has 0 bridgehead atoms. The Morgan fingerprint density at radius 3 is 2.60 bits per heavy atom. The lowest BCUT2D eigenvalue weighted by Crippen LogP contribution is -2.27. The van der Waals surface area contributed by atoms with Crippen LogP contribution in [-0.4, -0.2) is 64.8 Å². The van der Waals surface area contributed by atoms with E-state index in [1.807, 2.05) is 6.20 Å². The third-order valence-electron chi connectivity index (χ3n) is 3.41. The fourth-order valence-corrected chi connectivity index (χ4v) is 3.16. The maximum Gasteiger partial charge on any atom is 0.185 e. The van der Waals surface area contributed by atoms with Gasteiger partial charge in [0.05, 0.1) is 6.61 Å². The number of nitrogens with zero attached hydrogens (tertiary/aromatic N) is 2. The molecule has 0 radical (unpaired) electrons. The SMILES string of the molecule is COCCNCc1cnc(N2CC(OC)C(OC)C2)s1. The van der Waals surface area contributed by atoms with Crippen LogP contribution in [0.4, 0.5) is 5.13 Å². The predicted octanol–water partition coefficient (Wildman–Crippen LogP) is 0.729. The van der Waals surface area contributed by atoms with Gasteiger partial charge in [-0.05, 0) is 0 Å². The van der Waals surface area contributed by atoms with Crippen molar-refractivity contribution in [1.29, 1.82) is 0 Å². The van der Waals surface area contributed by atoms with E-state index in [4.69, 9.17) is 14.2 Å². The molecule has 2 atom stereocenters. The van der Waals surface area contributed by atoms with E-state index < -0.39 is 0 Å². The van der Waals surface area contributed by atoms with Crippen molar-refractivity contribution in [3.8, 4) is 0 Å². The van der Waals surface area contributed by atoms with Crippen LogP contribution in [0.3, 0.4) is 0 Å². The van der Waals surface area contributed by atoms with Gasteiger partial charge in [-0.25, -0.2) is 4.98 Å². The highest BCUT2D eigenvalue weighted by Crippen LogP contribution is 2.27. The molecule has 1 aliphatic rings. The average Bonchev–Trinajstić information content (AvgIpc) is 3.09. The molecule has 0 amide bonds. The molecule has 7 heteroatoms. The molecule has 0 saturated carbocycles. The maximum atomic E-state index is 5.45. The Kier molecular flexibility index (Phi) is 6.18. The summed E-state index contributed by atoms with van der Waals surface area (Å²) in [5, 5.41) is 4.36. The van der Waals surface area contributed by atoms with Gasteiger partial charge in [-0.3, -0.25) is 0 Å². The molecule has 114 valence electrons. The Morgan fingerprint density at radius 2 is 2.00 bits per heavy atom. The van der Waals surface area contributed by atoms with Gasteiger partial charge >= 0.3 is 0 Å². The van der Waals surface area contributed by atoms with E-state index in [0.29, 0.717) is 0 Å². The monoisotopic (exact) mass is 301 g/mol. The van der Waals surface area contributed by atoms with E-state index in [1.165, 1.54) is 4.88 Å². The summed E-state index contributed by atoms with van der Waals surface area (Å²) in [7, 11) is 5.17. The number of ether oxygens (including phenoxy) is 3. The molecule has 20 heavy (non-hydrogen) atoms. The number of methoxy groups -OCH3 is 3. The molecule has 0 spiro atoms. The van der Waals surface area contributed by atoms with Gasteiger partial charge in [-0.15, -0.1) is 11.3 Å². The summed E-state index contributed by atoms with van der Waals surface area (Å²) in [6.07, 6.45) is 2.17. The molecule has 1 fully saturated rings. The fourth-order valence-electron chi connectivity index (χ4n) is 2.26. The number of hydrogen-bond donors (Lipinski definition) is 1. The van der Waals surface area contributed by atoms with Crippen LogP contribution in [0.1, 0.15) is 4.88 Å².